The highest BCUT2D eigenvalue weighted by atomic mass is 16.3. The van der Waals surface area contributed by atoms with Crippen LogP contribution < -0.4 is 0 Å². The minimum absolute atomic E-state index is 0.875. The molecule has 0 N–H and O–H groups in total. The van der Waals surface area contributed by atoms with Crippen LogP contribution in [0.3, 0.4) is 0 Å². The summed E-state index contributed by atoms with van der Waals surface area (Å²) in [5.74, 6) is 0. The summed E-state index contributed by atoms with van der Waals surface area (Å²) in [6.07, 6.45) is 0. The van der Waals surface area contributed by atoms with Gasteiger partial charge in [0.1, 0.15) is 22.3 Å². The highest BCUT2D eigenvalue weighted by Gasteiger charge is 2.29. The Morgan fingerprint density at radius 1 is 0.286 bits per heavy atom. The summed E-state index contributed by atoms with van der Waals surface area (Å²) in [6.45, 7) is 0. The van der Waals surface area contributed by atoms with Gasteiger partial charge in [-0.1, -0.05) is 109 Å². The Bertz CT molecular complexity index is 2420. The van der Waals surface area contributed by atoms with Crippen LogP contribution in [0, 0.1) is 0 Å². The topological polar surface area (TPSA) is 26.3 Å². The van der Waals surface area contributed by atoms with E-state index in [0.717, 1.165) is 55.0 Å². The molecule has 2 aliphatic rings. The lowest BCUT2D eigenvalue weighted by atomic mass is 9.83. The first-order chi connectivity index (χ1) is 20.9. The van der Waals surface area contributed by atoms with E-state index in [1.165, 1.54) is 43.8 Å². The normalized spacial score (nSPS) is 12.3. The van der Waals surface area contributed by atoms with Gasteiger partial charge in [0.2, 0.25) is 0 Å². The lowest BCUT2D eigenvalue weighted by Crippen LogP contribution is -1.98. The number of hydrogen-bond donors (Lipinski definition) is 0. The minimum Gasteiger partial charge on any atom is -0.455 e. The van der Waals surface area contributed by atoms with Gasteiger partial charge in [0.05, 0.1) is 0 Å². The van der Waals surface area contributed by atoms with Crippen molar-refractivity contribution in [3.8, 4) is 33.4 Å². The number of rotatable bonds is 2. The van der Waals surface area contributed by atoms with Gasteiger partial charge in [-0.05, 0) is 68.1 Å². The van der Waals surface area contributed by atoms with Gasteiger partial charge >= 0.3 is 0 Å². The van der Waals surface area contributed by atoms with Crippen molar-refractivity contribution in [1.82, 2.24) is 0 Å². The first-order valence-corrected chi connectivity index (χ1v) is 14.4. The second-order valence-corrected chi connectivity index (χ2v) is 11.2. The standard InChI is InChI=1S/C40H22O2/c1-3-11-23(12-4-1)33-25-15-7-9-17-27(25)39-35-29(33)19-21-31-37(35)38-32(41-39)22-20-30-34(24-13-5-2-6-14-24)26-16-8-10-18-28(26)40(42-31)36(30)38/h1-22H. The summed E-state index contributed by atoms with van der Waals surface area (Å²) < 4.78 is 13.9. The van der Waals surface area contributed by atoms with Crippen molar-refractivity contribution in [3.05, 3.63) is 133 Å². The Labute approximate surface area is 240 Å². The number of benzene rings is 8. The Kier molecular flexibility index (Phi) is 4.21. The molecule has 0 saturated carbocycles. The fraction of sp³-hybridized carbons (Fsp3) is 0. The van der Waals surface area contributed by atoms with Crippen LogP contribution in [0.4, 0.5) is 0 Å². The molecule has 2 aliphatic heterocycles. The quantitative estimate of drug-likeness (QED) is 0.163. The molecule has 0 spiro atoms. The van der Waals surface area contributed by atoms with Crippen LogP contribution in [-0.4, -0.2) is 0 Å². The largest absolute Gasteiger partial charge is 0.455 e. The molecular formula is C40H22O2. The van der Waals surface area contributed by atoms with E-state index < -0.39 is 0 Å². The van der Waals surface area contributed by atoms with Crippen LogP contribution in [-0.2, 0) is 0 Å². The lowest BCUT2D eigenvalue weighted by molar-refractivity contribution is 0.650. The average molecular weight is 535 g/mol. The zero-order chi connectivity index (χ0) is 27.4. The second kappa shape index (κ2) is 7.99. The van der Waals surface area contributed by atoms with E-state index >= 15 is 0 Å². The fourth-order valence-corrected chi connectivity index (χ4v) is 7.34. The highest BCUT2D eigenvalue weighted by Crippen LogP contribution is 2.54. The molecule has 10 rings (SSSR count). The predicted octanol–water partition coefficient (Wildman–Crippen LogP) is 11.7. The molecule has 8 aromatic carbocycles. The van der Waals surface area contributed by atoms with E-state index in [-0.39, 0.29) is 0 Å². The lowest BCUT2D eigenvalue weighted by Gasteiger charge is -2.24. The van der Waals surface area contributed by atoms with Crippen LogP contribution >= 0.6 is 0 Å². The van der Waals surface area contributed by atoms with Crippen LogP contribution in [0.5, 0.6) is 0 Å². The maximum Gasteiger partial charge on any atom is 0.143 e. The maximum atomic E-state index is 6.95. The molecule has 0 aromatic heterocycles. The number of fused-ring (bicyclic) bond motifs is 4. The van der Waals surface area contributed by atoms with Gasteiger partial charge < -0.3 is 8.83 Å². The summed E-state index contributed by atoms with van der Waals surface area (Å²) in [6, 6.07) is 47.3. The molecular weight excluding hydrogens is 512 g/mol. The third-order valence-corrected chi connectivity index (χ3v) is 9.01. The van der Waals surface area contributed by atoms with Gasteiger partial charge in [-0.2, -0.15) is 0 Å². The Morgan fingerprint density at radius 2 is 0.667 bits per heavy atom. The van der Waals surface area contributed by atoms with Crippen molar-refractivity contribution in [1.29, 1.82) is 0 Å². The third-order valence-electron chi connectivity index (χ3n) is 9.01. The Hall–Kier alpha value is -5.60. The molecule has 0 radical (unpaired) electrons. The zero-order valence-corrected chi connectivity index (χ0v) is 22.5. The van der Waals surface area contributed by atoms with Crippen molar-refractivity contribution < 1.29 is 8.83 Å². The molecule has 2 heteroatoms. The van der Waals surface area contributed by atoms with Crippen LogP contribution in [0.15, 0.2) is 142 Å². The molecule has 2 nitrogen and oxygen atoms in total. The maximum absolute atomic E-state index is 6.95. The molecule has 0 bridgehead atoms. The third kappa shape index (κ3) is 2.74. The summed E-state index contributed by atoms with van der Waals surface area (Å²) in [4.78, 5) is 0. The van der Waals surface area contributed by atoms with Gasteiger partial charge in [-0.25, -0.2) is 0 Å². The van der Waals surface area contributed by atoms with Gasteiger partial charge in [-0.3, -0.25) is 0 Å². The van der Waals surface area contributed by atoms with Crippen LogP contribution in [0.2, 0.25) is 0 Å². The van der Waals surface area contributed by atoms with Gasteiger partial charge in [0.15, 0.2) is 0 Å². The monoisotopic (exact) mass is 534 g/mol. The highest BCUT2D eigenvalue weighted by molar-refractivity contribution is 6.34. The van der Waals surface area contributed by atoms with Crippen molar-refractivity contribution in [2.24, 2.45) is 0 Å². The van der Waals surface area contributed by atoms with E-state index in [2.05, 4.69) is 133 Å². The van der Waals surface area contributed by atoms with Crippen molar-refractivity contribution in [2.75, 3.05) is 0 Å². The van der Waals surface area contributed by atoms with Crippen molar-refractivity contribution >= 4 is 65.4 Å². The first kappa shape index (κ1) is 22.1. The number of hydrogen-bond acceptors (Lipinski definition) is 2. The smallest absolute Gasteiger partial charge is 0.143 e. The summed E-state index contributed by atoms with van der Waals surface area (Å²) in [7, 11) is 0. The van der Waals surface area contributed by atoms with E-state index in [9.17, 15) is 0 Å². The predicted molar refractivity (Wildman–Crippen MR) is 175 cm³/mol. The summed E-state index contributed by atoms with van der Waals surface area (Å²) in [5.41, 5.74) is 10.6. The van der Waals surface area contributed by atoms with Crippen molar-refractivity contribution in [2.45, 2.75) is 0 Å². The molecule has 42 heavy (non-hydrogen) atoms. The molecule has 0 amide bonds. The molecule has 0 aliphatic carbocycles. The Morgan fingerprint density at radius 3 is 1.10 bits per heavy atom. The van der Waals surface area contributed by atoms with Gasteiger partial charge in [0, 0.05) is 32.7 Å². The van der Waals surface area contributed by atoms with E-state index in [0.29, 0.717) is 0 Å². The molecule has 8 aromatic rings. The molecule has 0 fully saturated rings. The second-order valence-electron chi connectivity index (χ2n) is 11.2. The fourth-order valence-electron chi connectivity index (χ4n) is 7.34. The van der Waals surface area contributed by atoms with Gasteiger partial charge in [0.25, 0.3) is 0 Å². The Balaban J connectivity index is 1.49. The molecule has 0 unspecified atom stereocenters. The van der Waals surface area contributed by atoms with Crippen molar-refractivity contribution in [3.63, 3.8) is 0 Å². The van der Waals surface area contributed by atoms with E-state index in [1.807, 2.05) is 0 Å². The molecule has 2 heterocycles. The average Bonchev–Trinajstić information content (AvgIpc) is 3.06. The van der Waals surface area contributed by atoms with Gasteiger partial charge in [-0.15, -0.1) is 0 Å². The molecule has 194 valence electrons. The molecule has 0 atom stereocenters. The van der Waals surface area contributed by atoms with Crippen LogP contribution in [0.25, 0.3) is 98.8 Å². The summed E-state index contributed by atoms with van der Waals surface area (Å²) >= 11 is 0. The van der Waals surface area contributed by atoms with E-state index in [1.54, 1.807) is 0 Å². The first-order valence-electron chi connectivity index (χ1n) is 14.4. The molecule has 0 saturated heterocycles. The minimum atomic E-state index is 0.875. The van der Waals surface area contributed by atoms with Crippen LogP contribution in [0.1, 0.15) is 0 Å². The SMILES string of the molecule is c1ccc(-c2c3ccccc3c3oc4ccc5c(-c6ccccc6)c6ccccc6c6oc7ccc2c3c7-c4c56)cc1. The summed E-state index contributed by atoms with van der Waals surface area (Å²) in [5, 5.41) is 9.17. The zero-order valence-electron chi connectivity index (χ0n) is 22.5. The van der Waals surface area contributed by atoms with E-state index in [4.69, 9.17) is 8.83 Å².